The molecule has 0 radical (unpaired) electrons. The van der Waals surface area contributed by atoms with E-state index in [1.807, 2.05) is 35.2 Å². The van der Waals surface area contributed by atoms with Crippen LogP contribution in [-0.4, -0.2) is 34.8 Å². The Bertz CT molecular complexity index is 402. The molecule has 1 aliphatic rings. The van der Waals surface area contributed by atoms with E-state index in [0.717, 1.165) is 5.56 Å². The lowest BCUT2D eigenvalue weighted by atomic mass is 10.1. The quantitative estimate of drug-likeness (QED) is 0.763. The summed E-state index contributed by atoms with van der Waals surface area (Å²) in [6.45, 7) is 1.20. The molecule has 0 amide bonds. The predicted molar refractivity (Wildman–Crippen MR) is 57.9 cm³/mol. The van der Waals surface area contributed by atoms with Crippen molar-refractivity contribution < 1.29 is 14.7 Å². The van der Waals surface area contributed by atoms with Crippen LogP contribution in [0.5, 0.6) is 0 Å². The second-order valence-electron chi connectivity index (χ2n) is 4.01. The first kappa shape index (κ1) is 10.8. The monoisotopic (exact) mass is 219 g/mol. The van der Waals surface area contributed by atoms with Crippen molar-refractivity contribution in [2.75, 3.05) is 13.1 Å². The number of benzene rings is 1. The fourth-order valence-electron chi connectivity index (χ4n) is 1.93. The smallest absolute Gasteiger partial charge is 0.315 e. The Balaban J connectivity index is 1.99. The van der Waals surface area contributed by atoms with Crippen molar-refractivity contribution in [2.24, 2.45) is 5.92 Å². The van der Waals surface area contributed by atoms with Gasteiger partial charge in [-0.1, -0.05) is 30.3 Å². The highest BCUT2D eigenvalue weighted by Gasteiger charge is 2.35. The van der Waals surface area contributed by atoms with Gasteiger partial charge in [-0.15, -0.1) is 0 Å². The van der Waals surface area contributed by atoms with Crippen molar-refractivity contribution >= 4 is 11.8 Å². The lowest BCUT2D eigenvalue weighted by Crippen LogP contribution is -2.23. The molecule has 1 heterocycles. The third-order valence-corrected chi connectivity index (χ3v) is 2.76. The summed E-state index contributed by atoms with van der Waals surface area (Å²) in [5.74, 6) is -2.05. The highest BCUT2D eigenvalue weighted by molar-refractivity contribution is 6.01. The van der Waals surface area contributed by atoms with E-state index in [1.165, 1.54) is 0 Å². The standard InChI is InChI=1S/C12H13NO3/c14-11-8-13(7-10(11)12(15)16)6-9-4-2-1-3-5-9/h1-5,10H,6-8H2,(H,15,16). The molecule has 1 saturated heterocycles. The molecule has 84 valence electrons. The molecule has 1 aromatic rings. The lowest BCUT2D eigenvalue weighted by molar-refractivity contribution is -0.144. The Morgan fingerprint density at radius 3 is 2.62 bits per heavy atom. The lowest BCUT2D eigenvalue weighted by Gasteiger charge is -2.13. The minimum atomic E-state index is -1.01. The molecule has 0 bridgehead atoms. The van der Waals surface area contributed by atoms with Crippen LogP contribution in [0.3, 0.4) is 0 Å². The molecule has 0 aliphatic carbocycles. The van der Waals surface area contributed by atoms with Crippen LogP contribution in [0.1, 0.15) is 5.56 Å². The van der Waals surface area contributed by atoms with Crippen LogP contribution in [0, 0.1) is 5.92 Å². The number of carbonyl (C=O) groups excluding carboxylic acids is 1. The van der Waals surface area contributed by atoms with Crippen LogP contribution in [-0.2, 0) is 16.1 Å². The third-order valence-electron chi connectivity index (χ3n) is 2.76. The van der Waals surface area contributed by atoms with Crippen molar-refractivity contribution in [1.82, 2.24) is 4.90 Å². The molecule has 1 atom stereocenters. The van der Waals surface area contributed by atoms with E-state index in [0.29, 0.717) is 13.1 Å². The predicted octanol–water partition coefficient (Wildman–Crippen LogP) is 0.772. The van der Waals surface area contributed by atoms with Gasteiger partial charge in [0, 0.05) is 13.1 Å². The maximum Gasteiger partial charge on any atom is 0.315 e. The zero-order chi connectivity index (χ0) is 11.5. The molecule has 1 unspecified atom stereocenters. The Hall–Kier alpha value is -1.68. The number of nitrogens with zero attached hydrogens (tertiary/aromatic N) is 1. The van der Waals surface area contributed by atoms with Crippen molar-refractivity contribution in [3.63, 3.8) is 0 Å². The van der Waals surface area contributed by atoms with Crippen molar-refractivity contribution in [2.45, 2.75) is 6.54 Å². The van der Waals surface area contributed by atoms with E-state index >= 15 is 0 Å². The number of ketones is 1. The second kappa shape index (κ2) is 4.45. The first-order valence-electron chi connectivity index (χ1n) is 5.18. The zero-order valence-corrected chi connectivity index (χ0v) is 8.80. The second-order valence-corrected chi connectivity index (χ2v) is 4.01. The van der Waals surface area contributed by atoms with E-state index in [4.69, 9.17) is 5.11 Å². The number of carboxylic acids is 1. The topological polar surface area (TPSA) is 57.6 Å². The van der Waals surface area contributed by atoms with E-state index in [-0.39, 0.29) is 12.3 Å². The van der Waals surface area contributed by atoms with Crippen LogP contribution in [0.15, 0.2) is 30.3 Å². The van der Waals surface area contributed by atoms with Gasteiger partial charge in [-0.3, -0.25) is 14.5 Å². The van der Waals surface area contributed by atoms with E-state index < -0.39 is 11.9 Å². The summed E-state index contributed by atoms with van der Waals surface area (Å²) in [4.78, 5) is 24.0. The van der Waals surface area contributed by atoms with Gasteiger partial charge in [0.15, 0.2) is 5.78 Å². The van der Waals surface area contributed by atoms with Gasteiger partial charge >= 0.3 is 5.97 Å². The largest absolute Gasteiger partial charge is 0.481 e. The van der Waals surface area contributed by atoms with E-state index in [9.17, 15) is 9.59 Å². The Morgan fingerprint density at radius 2 is 2.06 bits per heavy atom. The molecule has 0 aromatic heterocycles. The highest BCUT2D eigenvalue weighted by atomic mass is 16.4. The third kappa shape index (κ3) is 2.28. The Morgan fingerprint density at radius 1 is 1.38 bits per heavy atom. The van der Waals surface area contributed by atoms with Crippen molar-refractivity contribution in [1.29, 1.82) is 0 Å². The van der Waals surface area contributed by atoms with Gasteiger partial charge in [0.2, 0.25) is 0 Å². The number of carboxylic acid groups (broad SMARTS) is 1. The van der Waals surface area contributed by atoms with Crippen molar-refractivity contribution in [3.05, 3.63) is 35.9 Å². The molecule has 0 spiro atoms. The number of carbonyl (C=O) groups is 2. The van der Waals surface area contributed by atoms with Gasteiger partial charge in [0.25, 0.3) is 0 Å². The Kier molecular flexibility index (Phi) is 3.01. The molecule has 1 fully saturated rings. The van der Waals surface area contributed by atoms with Crippen LogP contribution >= 0.6 is 0 Å². The SMILES string of the molecule is O=C(O)C1CN(Cc2ccccc2)CC1=O. The maximum absolute atomic E-state index is 11.4. The minimum absolute atomic E-state index is 0.191. The summed E-state index contributed by atoms with van der Waals surface area (Å²) >= 11 is 0. The summed E-state index contributed by atoms with van der Waals surface area (Å²) in [5.41, 5.74) is 1.10. The number of rotatable bonds is 3. The fourth-order valence-corrected chi connectivity index (χ4v) is 1.93. The van der Waals surface area contributed by atoms with Gasteiger partial charge in [-0.25, -0.2) is 0 Å². The number of aliphatic carboxylic acids is 1. The highest BCUT2D eigenvalue weighted by Crippen LogP contribution is 2.15. The molecular formula is C12H13NO3. The summed E-state index contributed by atoms with van der Waals surface area (Å²) in [5, 5.41) is 8.82. The summed E-state index contributed by atoms with van der Waals surface area (Å²) < 4.78 is 0. The molecule has 16 heavy (non-hydrogen) atoms. The summed E-state index contributed by atoms with van der Waals surface area (Å²) in [7, 11) is 0. The molecule has 0 saturated carbocycles. The van der Waals surface area contributed by atoms with E-state index in [2.05, 4.69) is 0 Å². The minimum Gasteiger partial charge on any atom is -0.481 e. The molecule has 4 nitrogen and oxygen atoms in total. The first-order chi connectivity index (χ1) is 7.66. The average molecular weight is 219 g/mol. The molecule has 1 N–H and O–H groups in total. The summed E-state index contributed by atoms with van der Waals surface area (Å²) in [6, 6.07) is 9.74. The molecule has 2 rings (SSSR count). The van der Waals surface area contributed by atoms with Gasteiger partial charge in [0.1, 0.15) is 5.92 Å². The number of Topliss-reactive ketones (excluding diaryl/α,β-unsaturated/α-hetero) is 1. The van der Waals surface area contributed by atoms with Gasteiger partial charge in [0.05, 0.1) is 6.54 Å². The summed E-state index contributed by atoms with van der Waals surface area (Å²) in [6.07, 6.45) is 0. The normalized spacial score (nSPS) is 21.2. The van der Waals surface area contributed by atoms with Crippen molar-refractivity contribution in [3.8, 4) is 0 Å². The maximum atomic E-state index is 11.4. The molecular weight excluding hydrogens is 206 g/mol. The fraction of sp³-hybridized carbons (Fsp3) is 0.333. The average Bonchev–Trinajstić information content (AvgIpc) is 2.61. The number of likely N-dealkylation sites (tertiary alicyclic amines) is 1. The zero-order valence-electron chi connectivity index (χ0n) is 8.80. The Labute approximate surface area is 93.5 Å². The molecule has 4 heteroatoms. The van der Waals surface area contributed by atoms with Gasteiger partial charge < -0.3 is 5.11 Å². The van der Waals surface area contributed by atoms with Crippen LogP contribution in [0.4, 0.5) is 0 Å². The van der Waals surface area contributed by atoms with E-state index in [1.54, 1.807) is 0 Å². The number of hydrogen-bond acceptors (Lipinski definition) is 3. The molecule has 1 aromatic carbocycles. The van der Waals surface area contributed by atoms with Crippen LogP contribution in [0.2, 0.25) is 0 Å². The van der Waals surface area contributed by atoms with Gasteiger partial charge in [-0.2, -0.15) is 0 Å². The molecule has 1 aliphatic heterocycles. The van der Waals surface area contributed by atoms with Crippen LogP contribution in [0.25, 0.3) is 0 Å². The van der Waals surface area contributed by atoms with Gasteiger partial charge in [-0.05, 0) is 5.56 Å². The number of hydrogen-bond donors (Lipinski definition) is 1. The first-order valence-corrected chi connectivity index (χ1v) is 5.18. The van der Waals surface area contributed by atoms with Crippen LogP contribution < -0.4 is 0 Å².